The summed E-state index contributed by atoms with van der Waals surface area (Å²) in [5.74, 6) is 0.193. The molecule has 0 bridgehead atoms. The van der Waals surface area contributed by atoms with Crippen LogP contribution in [-0.2, 0) is 4.79 Å². The number of amides is 1. The largest absolute Gasteiger partial charge is 0.325 e. The minimum Gasteiger partial charge on any atom is -0.325 e. The van der Waals surface area contributed by atoms with Gasteiger partial charge in [0, 0.05) is 16.9 Å². The van der Waals surface area contributed by atoms with Gasteiger partial charge in [-0.3, -0.25) is 4.79 Å². The van der Waals surface area contributed by atoms with E-state index in [-0.39, 0.29) is 11.8 Å². The van der Waals surface area contributed by atoms with Crippen LogP contribution in [0.3, 0.4) is 0 Å². The maximum absolute atomic E-state index is 12.4. The number of hydrogen-bond donors (Lipinski definition) is 1. The number of aryl methyl sites for hydroxylation is 1. The molecule has 108 valence electrons. The van der Waals surface area contributed by atoms with Crippen LogP contribution in [0, 0.1) is 12.8 Å². The first-order valence-corrected chi connectivity index (χ1v) is 8.09. The monoisotopic (exact) mass is 298 g/mol. The average Bonchev–Trinajstić information content (AvgIpc) is 2.95. The van der Waals surface area contributed by atoms with Gasteiger partial charge in [0.25, 0.3) is 0 Å². The van der Waals surface area contributed by atoms with Gasteiger partial charge in [-0.05, 0) is 32.3 Å². The number of thiazole rings is 1. The van der Waals surface area contributed by atoms with Crippen molar-refractivity contribution in [1.29, 1.82) is 0 Å². The van der Waals surface area contributed by atoms with Crippen molar-refractivity contribution in [1.82, 2.24) is 4.98 Å². The Balaban J connectivity index is 1.82. The van der Waals surface area contributed by atoms with Gasteiger partial charge < -0.3 is 5.32 Å². The van der Waals surface area contributed by atoms with Gasteiger partial charge in [-0.1, -0.05) is 30.4 Å². The molecular weight excluding hydrogens is 280 g/mol. The summed E-state index contributed by atoms with van der Waals surface area (Å²) in [6.07, 6.45) is 7.01. The fraction of sp³-hybridized carbons (Fsp3) is 0.294. The summed E-state index contributed by atoms with van der Waals surface area (Å²) in [5.41, 5.74) is 2.76. The van der Waals surface area contributed by atoms with Crippen molar-refractivity contribution < 1.29 is 4.79 Å². The van der Waals surface area contributed by atoms with E-state index < -0.39 is 0 Å². The van der Waals surface area contributed by atoms with Gasteiger partial charge in [0.1, 0.15) is 0 Å². The lowest BCUT2D eigenvalue weighted by molar-refractivity contribution is -0.120. The lowest BCUT2D eigenvalue weighted by Crippen LogP contribution is -2.23. The molecule has 4 heteroatoms. The van der Waals surface area contributed by atoms with Crippen LogP contribution < -0.4 is 5.32 Å². The van der Waals surface area contributed by atoms with Crippen molar-refractivity contribution in [3.05, 3.63) is 46.8 Å². The number of carbonyl (C=O) groups excluding carboxylic acids is 1. The molecule has 0 radical (unpaired) electrons. The fourth-order valence-electron chi connectivity index (χ4n) is 2.57. The third-order valence-corrected chi connectivity index (χ3v) is 4.49. The molecule has 0 saturated carbocycles. The average molecular weight is 298 g/mol. The number of hydrogen-bond acceptors (Lipinski definition) is 3. The lowest BCUT2D eigenvalue weighted by Gasteiger charge is -2.18. The zero-order valence-corrected chi connectivity index (χ0v) is 12.8. The first-order valence-electron chi connectivity index (χ1n) is 7.21. The Morgan fingerprint density at radius 1 is 1.33 bits per heavy atom. The van der Waals surface area contributed by atoms with Crippen molar-refractivity contribution in [2.24, 2.45) is 5.92 Å². The number of nitrogens with zero attached hydrogens (tertiary/aromatic N) is 1. The number of carbonyl (C=O) groups is 1. The van der Waals surface area contributed by atoms with Gasteiger partial charge >= 0.3 is 0 Å². The second-order valence-electron chi connectivity index (χ2n) is 5.27. The Morgan fingerprint density at radius 3 is 2.90 bits per heavy atom. The summed E-state index contributed by atoms with van der Waals surface area (Å²) >= 11 is 1.62. The van der Waals surface area contributed by atoms with E-state index in [0.717, 1.165) is 41.2 Å². The van der Waals surface area contributed by atoms with Crippen molar-refractivity contribution in [2.45, 2.75) is 26.2 Å². The van der Waals surface area contributed by atoms with E-state index in [4.69, 9.17) is 0 Å². The number of allylic oxidation sites excluding steroid dienone is 2. The second-order valence-corrected chi connectivity index (χ2v) is 6.33. The van der Waals surface area contributed by atoms with Gasteiger partial charge in [0.2, 0.25) is 5.91 Å². The maximum atomic E-state index is 12.4. The summed E-state index contributed by atoms with van der Waals surface area (Å²) < 4.78 is 0. The van der Waals surface area contributed by atoms with E-state index in [1.54, 1.807) is 11.3 Å². The minimum absolute atomic E-state index is 0.0835. The van der Waals surface area contributed by atoms with E-state index in [1.165, 1.54) is 0 Å². The maximum Gasteiger partial charge on any atom is 0.227 e. The number of rotatable bonds is 3. The van der Waals surface area contributed by atoms with Crippen LogP contribution in [0.2, 0.25) is 0 Å². The molecule has 1 aliphatic carbocycles. The van der Waals surface area contributed by atoms with Crippen molar-refractivity contribution >= 4 is 22.9 Å². The van der Waals surface area contributed by atoms with Crippen molar-refractivity contribution in [3.8, 4) is 11.3 Å². The van der Waals surface area contributed by atoms with E-state index in [0.29, 0.717) is 0 Å². The van der Waals surface area contributed by atoms with Crippen LogP contribution in [0.1, 0.15) is 24.3 Å². The first-order chi connectivity index (χ1) is 10.2. The van der Waals surface area contributed by atoms with Crippen molar-refractivity contribution in [3.63, 3.8) is 0 Å². The number of aromatic nitrogens is 1. The Bertz CT molecular complexity index is 675. The van der Waals surface area contributed by atoms with Gasteiger partial charge in [-0.25, -0.2) is 4.98 Å². The normalized spacial score (nSPS) is 17.7. The lowest BCUT2D eigenvalue weighted by atomic mass is 9.93. The number of anilines is 1. The summed E-state index contributed by atoms with van der Waals surface area (Å²) in [5, 5.41) is 6.14. The molecule has 0 fully saturated rings. The molecule has 1 aliphatic rings. The summed E-state index contributed by atoms with van der Waals surface area (Å²) in [7, 11) is 0. The van der Waals surface area contributed by atoms with E-state index >= 15 is 0 Å². The molecule has 1 unspecified atom stereocenters. The minimum atomic E-state index is 0.0835. The third-order valence-electron chi connectivity index (χ3n) is 3.72. The molecule has 2 aromatic rings. The molecule has 1 aromatic carbocycles. The topological polar surface area (TPSA) is 42.0 Å². The number of nitrogens with one attached hydrogen (secondary N) is 1. The van der Waals surface area contributed by atoms with Gasteiger partial charge in [0.05, 0.1) is 16.4 Å². The predicted molar refractivity (Wildman–Crippen MR) is 87.4 cm³/mol. The van der Waals surface area contributed by atoms with E-state index in [1.807, 2.05) is 36.6 Å². The number of benzene rings is 1. The van der Waals surface area contributed by atoms with E-state index in [2.05, 4.69) is 22.5 Å². The molecule has 0 aliphatic heterocycles. The molecule has 1 amide bonds. The van der Waals surface area contributed by atoms with Crippen LogP contribution in [0.25, 0.3) is 11.3 Å². The summed E-state index contributed by atoms with van der Waals surface area (Å²) in [6.45, 7) is 1.99. The third kappa shape index (κ3) is 3.22. The Morgan fingerprint density at radius 2 is 2.19 bits per heavy atom. The fourth-order valence-corrected chi connectivity index (χ4v) is 3.18. The van der Waals surface area contributed by atoms with E-state index in [9.17, 15) is 4.79 Å². The van der Waals surface area contributed by atoms with Crippen LogP contribution >= 0.6 is 11.3 Å². The molecule has 1 N–H and O–H groups in total. The molecular formula is C17H18N2OS. The second kappa shape index (κ2) is 6.22. The zero-order valence-electron chi connectivity index (χ0n) is 12.0. The molecule has 21 heavy (non-hydrogen) atoms. The highest BCUT2D eigenvalue weighted by atomic mass is 32.1. The molecule has 3 nitrogen and oxygen atoms in total. The molecule has 1 heterocycles. The van der Waals surface area contributed by atoms with Crippen LogP contribution in [0.4, 0.5) is 5.69 Å². The molecule has 3 rings (SSSR count). The molecule has 1 aromatic heterocycles. The predicted octanol–water partition coefficient (Wildman–Crippen LogP) is 4.41. The summed E-state index contributed by atoms with van der Waals surface area (Å²) in [4.78, 5) is 16.9. The van der Waals surface area contributed by atoms with Gasteiger partial charge in [0.15, 0.2) is 0 Å². The SMILES string of the molecule is Cc1nc(-c2ccccc2NC(=O)C2CC=CCC2)cs1. The Hall–Kier alpha value is -1.94. The Kier molecular flexibility index (Phi) is 4.15. The van der Waals surface area contributed by atoms with Crippen molar-refractivity contribution in [2.75, 3.05) is 5.32 Å². The number of para-hydroxylation sites is 1. The summed E-state index contributed by atoms with van der Waals surface area (Å²) in [6, 6.07) is 7.87. The standard InChI is InChI=1S/C17H18N2OS/c1-12-18-16(11-21-12)14-9-5-6-10-15(14)19-17(20)13-7-3-2-4-8-13/h2-3,5-6,9-11,13H,4,7-8H2,1H3,(H,19,20). The van der Waals surface area contributed by atoms with Crippen LogP contribution in [0.5, 0.6) is 0 Å². The van der Waals surface area contributed by atoms with Crippen LogP contribution in [0.15, 0.2) is 41.8 Å². The van der Waals surface area contributed by atoms with Crippen LogP contribution in [-0.4, -0.2) is 10.9 Å². The first kappa shape index (κ1) is 14.0. The smallest absolute Gasteiger partial charge is 0.227 e. The zero-order chi connectivity index (χ0) is 14.7. The van der Waals surface area contributed by atoms with Gasteiger partial charge in [-0.2, -0.15) is 0 Å². The Labute approximate surface area is 128 Å². The highest BCUT2D eigenvalue weighted by molar-refractivity contribution is 7.09. The molecule has 1 atom stereocenters. The highest BCUT2D eigenvalue weighted by Crippen LogP contribution is 2.30. The molecule has 0 spiro atoms. The molecule has 0 saturated heterocycles. The highest BCUT2D eigenvalue weighted by Gasteiger charge is 2.20. The quantitative estimate of drug-likeness (QED) is 0.853. The van der Waals surface area contributed by atoms with Gasteiger partial charge in [-0.15, -0.1) is 11.3 Å².